The fraction of sp³-hybridized carbons (Fsp3) is 0.278. The fourth-order valence-corrected chi connectivity index (χ4v) is 2.44. The molecule has 2 rings (SSSR count). The number of pyridine rings is 1. The molecule has 0 bridgehead atoms. The van der Waals surface area contributed by atoms with Crippen molar-refractivity contribution in [2.45, 2.75) is 26.3 Å². The van der Waals surface area contributed by atoms with E-state index in [-0.39, 0.29) is 18.3 Å². The van der Waals surface area contributed by atoms with E-state index in [4.69, 9.17) is 5.73 Å². The van der Waals surface area contributed by atoms with Gasteiger partial charge in [0.05, 0.1) is 18.4 Å². The first-order chi connectivity index (χ1) is 11.4. The highest BCUT2D eigenvalue weighted by Gasteiger charge is 2.15. The second-order valence-corrected chi connectivity index (χ2v) is 5.57. The monoisotopic (exact) mass is 363 g/mol. The summed E-state index contributed by atoms with van der Waals surface area (Å²) < 4.78 is 4.61. The van der Waals surface area contributed by atoms with Crippen molar-refractivity contribution in [2.24, 2.45) is 5.73 Å². The molecule has 7 heteroatoms. The Labute approximate surface area is 153 Å². The summed E-state index contributed by atoms with van der Waals surface area (Å²) in [4.78, 5) is 27.9. The third kappa shape index (κ3) is 5.27. The number of aryl methyl sites for hydroxylation is 2. The molecule has 0 spiro atoms. The quantitative estimate of drug-likeness (QED) is 0.795. The fourth-order valence-electron chi connectivity index (χ4n) is 2.44. The Morgan fingerprint density at radius 1 is 1.20 bits per heavy atom. The van der Waals surface area contributed by atoms with Gasteiger partial charge in [0, 0.05) is 11.9 Å². The first-order valence-corrected chi connectivity index (χ1v) is 7.58. The summed E-state index contributed by atoms with van der Waals surface area (Å²) in [6, 6.07) is 8.30. The first kappa shape index (κ1) is 20.6. The molecule has 1 atom stereocenters. The molecule has 6 nitrogen and oxygen atoms in total. The van der Waals surface area contributed by atoms with Crippen molar-refractivity contribution < 1.29 is 14.3 Å². The molecule has 2 aromatic rings. The number of hydrogen-bond acceptors (Lipinski definition) is 5. The van der Waals surface area contributed by atoms with Gasteiger partial charge in [-0.3, -0.25) is 14.6 Å². The van der Waals surface area contributed by atoms with Gasteiger partial charge in [-0.2, -0.15) is 0 Å². The number of amides is 1. The summed E-state index contributed by atoms with van der Waals surface area (Å²) >= 11 is 0. The van der Waals surface area contributed by atoms with Gasteiger partial charge in [-0.25, -0.2) is 0 Å². The Morgan fingerprint density at radius 2 is 1.84 bits per heavy atom. The summed E-state index contributed by atoms with van der Waals surface area (Å²) in [6.07, 6.45) is 2.06. The molecule has 25 heavy (non-hydrogen) atoms. The van der Waals surface area contributed by atoms with E-state index < -0.39 is 12.0 Å². The minimum atomic E-state index is -0.698. The second kappa shape index (κ2) is 9.15. The van der Waals surface area contributed by atoms with Crippen LogP contribution in [0.4, 0.5) is 5.69 Å². The van der Waals surface area contributed by atoms with Crippen LogP contribution < -0.4 is 11.1 Å². The second-order valence-electron chi connectivity index (χ2n) is 5.57. The maximum absolute atomic E-state index is 12.4. The predicted molar refractivity (Wildman–Crippen MR) is 99.0 cm³/mol. The topological polar surface area (TPSA) is 94.3 Å². The maximum Gasteiger partial charge on any atom is 0.322 e. The molecular formula is C18H22ClN3O3. The van der Waals surface area contributed by atoms with Gasteiger partial charge in [0.15, 0.2) is 0 Å². The van der Waals surface area contributed by atoms with Gasteiger partial charge >= 0.3 is 5.97 Å². The summed E-state index contributed by atoms with van der Waals surface area (Å²) in [5.74, 6) is -0.646. The zero-order chi connectivity index (χ0) is 17.7. The van der Waals surface area contributed by atoms with Gasteiger partial charge in [-0.1, -0.05) is 12.1 Å². The number of carbonyl (C=O) groups is 2. The Morgan fingerprint density at radius 3 is 2.40 bits per heavy atom. The molecule has 0 radical (unpaired) electrons. The third-order valence-electron chi connectivity index (χ3n) is 3.75. The lowest BCUT2D eigenvalue weighted by Gasteiger charge is -2.11. The Balaban J connectivity index is 0.00000312. The van der Waals surface area contributed by atoms with Crippen LogP contribution >= 0.6 is 12.4 Å². The molecule has 1 aromatic carbocycles. The number of carbonyl (C=O) groups excluding carboxylic acids is 2. The van der Waals surface area contributed by atoms with Gasteiger partial charge < -0.3 is 15.8 Å². The number of rotatable bonds is 5. The molecule has 1 aromatic heterocycles. The maximum atomic E-state index is 12.4. The molecule has 0 aliphatic rings. The van der Waals surface area contributed by atoms with Crippen LogP contribution in [-0.2, 0) is 16.0 Å². The highest BCUT2D eigenvalue weighted by atomic mass is 35.5. The number of aromatic nitrogens is 1. The minimum Gasteiger partial charge on any atom is -0.468 e. The van der Waals surface area contributed by atoms with Crippen LogP contribution in [0.1, 0.15) is 27.2 Å². The van der Waals surface area contributed by atoms with Crippen molar-refractivity contribution in [3.63, 3.8) is 0 Å². The van der Waals surface area contributed by atoms with Crippen molar-refractivity contribution in [3.8, 4) is 0 Å². The van der Waals surface area contributed by atoms with Gasteiger partial charge in [-0.15, -0.1) is 12.4 Å². The van der Waals surface area contributed by atoms with Gasteiger partial charge in [0.2, 0.25) is 0 Å². The zero-order valence-corrected chi connectivity index (χ0v) is 15.2. The van der Waals surface area contributed by atoms with E-state index in [0.717, 1.165) is 11.1 Å². The van der Waals surface area contributed by atoms with Crippen LogP contribution in [-0.4, -0.2) is 30.0 Å². The largest absolute Gasteiger partial charge is 0.468 e. The van der Waals surface area contributed by atoms with Crippen LogP contribution in [0, 0.1) is 13.8 Å². The molecule has 134 valence electrons. The number of nitrogens with two attached hydrogens (primary N) is 1. The van der Waals surface area contributed by atoms with Crippen LogP contribution in [0.5, 0.6) is 0 Å². The van der Waals surface area contributed by atoms with Crippen LogP contribution in [0.25, 0.3) is 0 Å². The molecule has 0 saturated carbocycles. The lowest BCUT2D eigenvalue weighted by molar-refractivity contribution is -0.142. The Kier molecular flexibility index (Phi) is 7.54. The van der Waals surface area contributed by atoms with E-state index in [1.54, 1.807) is 31.3 Å². The standard InChI is InChI=1S/C18H21N3O3.ClH/c1-11-8-9-20-12(2)16(11)17(22)21-14-6-4-13(5-7-14)10-15(19)18(23)24-3;/h4-9,15H,10,19H2,1-3H3,(H,21,22);1H. The van der Waals surface area contributed by atoms with Crippen LogP contribution in [0.3, 0.4) is 0 Å². The number of benzene rings is 1. The van der Waals surface area contributed by atoms with Gasteiger partial charge in [0.25, 0.3) is 5.91 Å². The summed E-state index contributed by atoms with van der Waals surface area (Å²) in [5.41, 5.74) is 9.43. The molecule has 1 unspecified atom stereocenters. The number of anilines is 1. The van der Waals surface area contributed by atoms with E-state index in [9.17, 15) is 9.59 Å². The van der Waals surface area contributed by atoms with E-state index in [1.165, 1.54) is 7.11 Å². The molecule has 0 saturated heterocycles. The number of esters is 1. The Bertz CT molecular complexity index is 727. The summed E-state index contributed by atoms with van der Waals surface area (Å²) in [5, 5.41) is 2.85. The Hall–Kier alpha value is -2.44. The molecule has 1 heterocycles. The molecule has 0 aliphatic carbocycles. The zero-order valence-electron chi connectivity index (χ0n) is 14.4. The number of ether oxygens (including phenoxy) is 1. The number of hydrogen-bond donors (Lipinski definition) is 2. The number of nitrogens with zero attached hydrogens (tertiary/aromatic N) is 1. The average Bonchev–Trinajstić information content (AvgIpc) is 2.55. The van der Waals surface area contributed by atoms with Crippen molar-refractivity contribution >= 4 is 30.0 Å². The minimum absolute atomic E-state index is 0. The number of nitrogens with one attached hydrogen (secondary N) is 1. The molecular weight excluding hydrogens is 342 g/mol. The van der Waals surface area contributed by atoms with Crippen LogP contribution in [0.15, 0.2) is 36.5 Å². The van der Waals surface area contributed by atoms with Gasteiger partial charge in [0.1, 0.15) is 6.04 Å². The average molecular weight is 364 g/mol. The predicted octanol–water partition coefficient (Wildman–Crippen LogP) is 2.42. The van der Waals surface area contributed by atoms with Crippen molar-refractivity contribution in [3.05, 3.63) is 58.9 Å². The van der Waals surface area contributed by atoms with Crippen LogP contribution in [0.2, 0.25) is 0 Å². The first-order valence-electron chi connectivity index (χ1n) is 7.58. The summed E-state index contributed by atoms with van der Waals surface area (Å²) in [6.45, 7) is 3.68. The van der Waals surface area contributed by atoms with Crippen molar-refractivity contribution in [1.82, 2.24) is 4.98 Å². The highest BCUT2D eigenvalue weighted by molar-refractivity contribution is 6.05. The van der Waals surface area contributed by atoms with E-state index >= 15 is 0 Å². The molecule has 1 amide bonds. The van der Waals surface area contributed by atoms with Gasteiger partial charge in [-0.05, 0) is 49.6 Å². The molecule has 0 fully saturated rings. The SMILES string of the molecule is COC(=O)C(N)Cc1ccc(NC(=O)c2c(C)ccnc2C)cc1.Cl. The normalized spacial score (nSPS) is 11.2. The van der Waals surface area contributed by atoms with Crippen molar-refractivity contribution in [2.75, 3.05) is 12.4 Å². The summed E-state index contributed by atoms with van der Waals surface area (Å²) in [7, 11) is 1.31. The molecule has 3 N–H and O–H groups in total. The lowest BCUT2D eigenvalue weighted by atomic mass is 10.1. The number of halogens is 1. The van der Waals surface area contributed by atoms with E-state index in [0.29, 0.717) is 23.4 Å². The third-order valence-corrected chi connectivity index (χ3v) is 3.75. The van der Waals surface area contributed by atoms with E-state index in [1.807, 2.05) is 19.1 Å². The molecule has 0 aliphatic heterocycles. The van der Waals surface area contributed by atoms with Crippen molar-refractivity contribution in [1.29, 1.82) is 0 Å². The highest BCUT2D eigenvalue weighted by Crippen LogP contribution is 2.16. The lowest BCUT2D eigenvalue weighted by Crippen LogP contribution is -2.33. The number of methoxy groups -OCH3 is 1. The van der Waals surface area contributed by atoms with E-state index in [2.05, 4.69) is 15.0 Å². The smallest absolute Gasteiger partial charge is 0.322 e.